The molecule has 0 amide bonds. The summed E-state index contributed by atoms with van der Waals surface area (Å²) in [5, 5.41) is 4.29. The molecular weight excluding hydrogens is 671 g/mol. The van der Waals surface area contributed by atoms with Gasteiger partial charge in [-0.2, -0.15) is 0 Å². The summed E-state index contributed by atoms with van der Waals surface area (Å²) in [7, 11) is 0. The van der Waals surface area contributed by atoms with Crippen molar-refractivity contribution in [2.75, 3.05) is 4.90 Å². The second kappa shape index (κ2) is 12.6. The highest BCUT2D eigenvalue weighted by molar-refractivity contribution is 6.14. The number of rotatable bonds is 5. The average Bonchev–Trinajstić information content (AvgIpc) is 3.57. The Bertz CT molecular complexity index is 3070. The molecule has 1 aliphatic heterocycles. The molecule has 0 spiro atoms. The first-order valence-corrected chi connectivity index (χ1v) is 18.7. The van der Waals surface area contributed by atoms with Crippen LogP contribution in [-0.4, -0.2) is 0 Å². The van der Waals surface area contributed by atoms with E-state index in [4.69, 9.17) is 9.15 Å². The molecule has 1 aliphatic rings. The molecule has 258 valence electrons. The van der Waals surface area contributed by atoms with Gasteiger partial charge in [-0.1, -0.05) is 146 Å². The monoisotopic (exact) mass is 703 g/mol. The zero-order chi connectivity index (χ0) is 36.3. The van der Waals surface area contributed by atoms with Crippen LogP contribution in [0.15, 0.2) is 205 Å². The van der Waals surface area contributed by atoms with E-state index in [9.17, 15) is 0 Å². The Morgan fingerprint density at radius 1 is 0.364 bits per heavy atom. The third-order valence-electron chi connectivity index (χ3n) is 10.9. The highest BCUT2D eigenvalue weighted by Gasteiger charge is 2.26. The maximum absolute atomic E-state index is 7.06. The fourth-order valence-electron chi connectivity index (χ4n) is 8.32. The maximum Gasteiger partial charge on any atom is 0.143 e. The number of anilines is 3. The average molecular weight is 704 g/mol. The van der Waals surface area contributed by atoms with Gasteiger partial charge in [-0.3, -0.25) is 0 Å². The molecule has 0 radical (unpaired) electrons. The number of ether oxygens (including phenoxy) is 1. The van der Waals surface area contributed by atoms with E-state index in [1.165, 1.54) is 11.1 Å². The van der Waals surface area contributed by atoms with Crippen LogP contribution in [0.5, 0.6) is 11.5 Å². The Hall–Kier alpha value is -7.36. The predicted octanol–water partition coefficient (Wildman–Crippen LogP) is 15.0. The van der Waals surface area contributed by atoms with E-state index >= 15 is 0 Å². The smallest absolute Gasteiger partial charge is 0.143 e. The summed E-state index contributed by atoms with van der Waals surface area (Å²) < 4.78 is 13.5. The molecule has 0 saturated heterocycles. The minimum absolute atomic E-state index is 0.841. The molecular formula is C52H33NO2. The zero-order valence-corrected chi connectivity index (χ0v) is 29.8. The van der Waals surface area contributed by atoms with Gasteiger partial charge in [0.05, 0.1) is 16.8 Å². The molecule has 2 heterocycles. The van der Waals surface area contributed by atoms with Gasteiger partial charge in [0.1, 0.15) is 22.7 Å². The Kier molecular flexibility index (Phi) is 7.17. The number of nitrogens with zero attached hydrogens (tertiary/aromatic N) is 1. The van der Waals surface area contributed by atoms with Gasteiger partial charge >= 0.3 is 0 Å². The largest absolute Gasteiger partial charge is 0.456 e. The van der Waals surface area contributed by atoms with Crippen LogP contribution < -0.4 is 9.64 Å². The maximum atomic E-state index is 7.06. The van der Waals surface area contributed by atoms with Crippen molar-refractivity contribution in [3.8, 4) is 56.0 Å². The van der Waals surface area contributed by atoms with Crippen molar-refractivity contribution < 1.29 is 9.15 Å². The summed E-state index contributed by atoms with van der Waals surface area (Å²) in [5.74, 6) is 1.69. The number of hydrogen-bond donors (Lipinski definition) is 0. The Labute approximate surface area is 318 Å². The number of benzene rings is 9. The van der Waals surface area contributed by atoms with Crippen LogP contribution in [0.25, 0.3) is 77.2 Å². The molecule has 1 aromatic heterocycles. The molecule has 0 atom stereocenters. The minimum atomic E-state index is 0.841. The van der Waals surface area contributed by atoms with Crippen molar-refractivity contribution in [3.05, 3.63) is 200 Å². The van der Waals surface area contributed by atoms with Crippen LogP contribution in [0.3, 0.4) is 0 Å². The van der Waals surface area contributed by atoms with E-state index in [1.54, 1.807) is 0 Å². The van der Waals surface area contributed by atoms with Gasteiger partial charge in [0.25, 0.3) is 0 Å². The first kappa shape index (κ1) is 31.2. The molecule has 0 bridgehead atoms. The standard InChI is InChI=1S/C52H33NO2/c1-3-14-34(15-4-1)37-28-30-40-41-19-8-11-23-48(41)55-52-42(45(40)32-37)31-27-36-26-29-38(33-44(36)52)53(46-21-10-7-18-39(46)35-16-5-2-6-17-35)47-22-13-25-50-51(47)43-20-9-12-24-49(43)54-50/h1-33H. The number of fused-ring (bicyclic) bond motifs is 10. The van der Waals surface area contributed by atoms with Gasteiger partial charge in [-0.25, -0.2) is 0 Å². The Morgan fingerprint density at radius 3 is 1.91 bits per heavy atom. The van der Waals surface area contributed by atoms with Crippen LogP contribution >= 0.6 is 0 Å². The van der Waals surface area contributed by atoms with Gasteiger partial charge < -0.3 is 14.1 Å². The molecule has 0 fully saturated rings. The summed E-state index contributed by atoms with van der Waals surface area (Å²) in [6.45, 7) is 0. The fraction of sp³-hybridized carbons (Fsp3) is 0. The van der Waals surface area contributed by atoms with Crippen molar-refractivity contribution in [2.45, 2.75) is 0 Å². The first-order chi connectivity index (χ1) is 27.3. The van der Waals surface area contributed by atoms with Gasteiger partial charge in [0.2, 0.25) is 0 Å². The zero-order valence-electron chi connectivity index (χ0n) is 29.8. The van der Waals surface area contributed by atoms with Crippen LogP contribution in [0.2, 0.25) is 0 Å². The van der Waals surface area contributed by atoms with Gasteiger partial charge in [0.15, 0.2) is 0 Å². The Morgan fingerprint density at radius 2 is 1.04 bits per heavy atom. The molecule has 3 heteroatoms. The highest BCUT2D eigenvalue weighted by atomic mass is 16.5. The molecule has 0 aliphatic carbocycles. The van der Waals surface area contributed by atoms with E-state index in [1.807, 2.05) is 12.1 Å². The molecule has 3 nitrogen and oxygen atoms in total. The summed E-state index contributed by atoms with van der Waals surface area (Å²) in [6, 6.07) is 70.9. The molecule has 0 saturated carbocycles. The quantitative estimate of drug-likeness (QED) is 0.178. The van der Waals surface area contributed by atoms with Crippen molar-refractivity contribution in [2.24, 2.45) is 0 Å². The van der Waals surface area contributed by atoms with Crippen molar-refractivity contribution in [1.82, 2.24) is 0 Å². The molecule has 10 aromatic rings. The lowest BCUT2D eigenvalue weighted by atomic mass is 9.90. The minimum Gasteiger partial charge on any atom is -0.456 e. The number of para-hydroxylation sites is 3. The highest BCUT2D eigenvalue weighted by Crippen LogP contribution is 2.52. The lowest BCUT2D eigenvalue weighted by molar-refractivity contribution is 0.493. The second-order valence-corrected chi connectivity index (χ2v) is 14.0. The lowest BCUT2D eigenvalue weighted by Crippen LogP contribution is -2.11. The van der Waals surface area contributed by atoms with Crippen LogP contribution in [-0.2, 0) is 0 Å². The van der Waals surface area contributed by atoms with E-state index in [-0.39, 0.29) is 0 Å². The van der Waals surface area contributed by atoms with Crippen molar-refractivity contribution in [1.29, 1.82) is 0 Å². The van der Waals surface area contributed by atoms with Crippen molar-refractivity contribution in [3.63, 3.8) is 0 Å². The van der Waals surface area contributed by atoms with E-state index in [0.717, 1.165) is 94.7 Å². The summed E-state index contributed by atoms with van der Waals surface area (Å²) in [4.78, 5) is 2.39. The number of hydrogen-bond acceptors (Lipinski definition) is 3. The van der Waals surface area contributed by atoms with Crippen LogP contribution in [0.1, 0.15) is 0 Å². The van der Waals surface area contributed by atoms with Gasteiger partial charge in [-0.15, -0.1) is 0 Å². The van der Waals surface area contributed by atoms with E-state index < -0.39 is 0 Å². The van der Waals surface area contributed by atoms with Gasteiger partial charge in [0, 0.05) is 33.2 Å². The molecule has 0 N–H and O–H groups in total. The second-order valence-electron chi connectivity index (χ2n) is 14.0. The third kappa shape index (κ3) is 5.13. The van der Waals surface area contributed by atoms with Crippen molar-refractivity contribution >= 4 is 49.8 Å². The lowest BCUT2D eigenvalue weighted by Gasteiger charge is -2.29. The van der Waals surface area contributed by atoms with Crippen LogP contribution in [0.4, 0.5) is 17.1 Å². The summed E-state index contributed by atoms with van der Waals surface area (Å²) in [5.41, 5.74) is 13.9. The van der Waals surface area contributed by atoms with E-state index in [0.29, 0.717) is 0 Å². The topological polar surface area (TPSA) is 25.6 Å². The predicted molar refractivity (Wildman–Crippen MR) is 228 cm³/mol. The first-order valence-electron chi connectivity index (χ1n) is 18.7. The normalized spacial score (nSPS) is 11.8. The fourth-order valence-corrected chi connectivity index (χ4v) is 8.32. The van der Waals surface area contributed by atoms with Crippen LogP contribution in [0, 0.1) is 0 Å². The molecule has 9 aromatic carbocycles. The third-order valence-corrected chi connectivity index (χ3v) is 10.9. The van der Waals surface area contributed by atoms with Gasteiger partial charge in [-0.05, 0) is 87.8 Å². The van der Waals surface area contributed by atoms with E-state index in [2.05, 4.69) is 193 Å². The number of furan rings is 1. The molecule has 11 rings (SSSR count). The molecule has 55 heavy (non-hydrogen) atoms. The Balaban J connectivity index is 1.19. The summed E-state index contributed by atoms with van der Waals surface area (Å²) in [6.07, 6.45) is 0. The molecule has 0 unspecified atom stereocenters. The SMILES string of the molecule is c1ccc(-c2ccc3c(c2)-c2ccc4ccc(N(c5ccccc5-c5ccccc5)c5cccc6oc7ccccc7c56)cc4c2Oc2ccccc2-3)cc1. The summed E-state index contributed by atoms with van der Waals surface area (Å²) >= 11 is 0.